The minimum absolute atomic E-state index is 0.0244. The number of nitro groups is 1. The molecule has 0 saturated heterocycles. The SMILES string of the molecule is CN(C)C(=O)C1CC(C)(C)Oc2ccc([N+](=O)[O-])cc21. The molecule has 0 aromatic heterocycles. The third-order valence-electron chi connectivity index (χ3n) is 3.40. The van der Waals surface area contributed by atoms with Crippen molar-refractivity contribution in [3.05, 3.63) is 33.9 Å². The number of amides is 1. The maximum atomic E-state index is 12.3. The average Bonchev–Trinajstić information content (AvgIpc) is 2.35. The van der Waals surface area contributed by atoms with Gasteiger partial charge in [-0.05, 0) is 19.9 Å². The van der Waals surface area contributed by atoms with Crippen molar-refractivity contribution in [2.75, 3.05) is 14.1 Å². The molecule has 1 heterocycles. The first-order valence-corrected chi connectivity index (χ1v) is 6.40. The Morgan fingerprint density at radius 1 is 1.45 bits per heavy atom. The van der Waals surface area contributed by atoms with Crippen LogP contribution in [0.15, 0.2) is 18.2 Å². The van der Waals surface area contributed by atoms with Crippen LogP contribution in [0.1, 0.15) is 31.7 Å². The lowest BCUT2D eigenvalue weighted by Gasteiger charge is -2.37. The fourth-order valence-electron chi connectivity index (χ4n) is 2.49. The molecule has 1 unspecified atom stereocenters. The number of nitrogens with zero attached hydrogens (tertiary/aromatic N) is 2. The van der Waals surface area contributed by atoms with E-state index in [0.717, 1.165) is 0 Å². The van der Waals surface area contributed by atoms with Gasteiger partial charge in [0.05, 0.1) is 10.8 Å². The summed E-state index contributed by atoms with van der Waals surface area (Å²) in [5.41, 5.74) is 0.0975. The van der Waals surface area contributed by atoms with Gasteiger partial charge in [0.1, 0.15) is 11.4 Å². The van der Waals surface area contributed by atoms with Crippen LogP contribution in [-0.2, 0) is 4.79 Å². The zero-order valence-corrected chi connectivity index (χ0v) is 12.0. The summed E-state index contributed by atoms with van der Waals surface area (Å²) in [5.74, 6) is 0.0684. The summed E-state index contributed by atoms with van der Waals surface area (Å²) in [4.78, 5) is 24.3. The number of hydrogen-bond donors (Lipinski definition) is 0. The van der Waals surface area contributed by atoms with E-state index < -0.39 is 16.4 Å². The predicted molar refractivity (Wildman–Crippen MR) is 73.9 cm³/mol. The minimum Gasteiger partial charge on any atom is -0.488 e. The zero-order chi connectivity index (χ0) is 15.1. The van der Waals surface area contributed by atoms with Crippen molar-refractivity contribution in [2.24, 2.45) is 0 Å². The Bertz CT molecular complexity index is 566. The fourth-order valence-corrected chi connectivity index (χ4v) is 2.49. The molecule has 20 heavy (non-hydrogen) atoms. The van der Waals surface area contributed by atoms with Gasteiger partial charge in [-0.3, -0.25) is 14.9 Å². The van der Waals surface area contributed by atoms with Crippen molar-refractivity contribution < 1.29 is 14.5 Å². The molecule has 1 aromatic rings. The van der Waals surface area contributed by atoms with Crippen molar-refractivity contribution in [3.8, 4) is 5.75 Å². The number of likely N-dealkylation sites (N-methyl/N-ethyl adjacent to an activating group) is 1. The molecule has 1 aliphatic heterocycles. The Morgan fingerprint density at radius 2 is 2.10 bits per heavy atom. The molecule has 1 atom stereocenters. The molecule has 108 valence electrons. The van der Waals surface area contributed by atoms with Gasteiger partial charge in [-0.1, -0.05) is 0 Å². The highest BCUT2D eigenvalue weighted by molar-refractivity contribution is 5.85. The third kappa shape index (κ3) is 2.59. The number of hydrogen-bond acceptors (Lipinski definition) is 4. The summed E-state index contributed by atoms with van der Waals surface area (Å²) in [6, 6.07) is 4.42. The molecule has 0 fully saturated rings. The molecule has 0 N–H and O–H groups in total. The van der Waals surface area contributed by atoms with E-state index in [9.17, 15) is 14.9 Å². The summed E-state index contributed by atoms with van der Waals surface area (Å²) >= 11 is 0. The van der Waals surface area contributed by atoms with Crippen LogP contribution in [0.4, 0.5) is 5.69 Å². The maximum absolute atomic E-state index is 12.3. The Kier molecular flexibility index (Phi) is 3.41. The van der Waals surface area contributed by atoms with Crippen molar-refractivity contribution in [3.63, 3.8) is 0 Å². The second-order valence-electron chi connectivity index (χ2n) is 5.83. The van der Waals surface area contributed by atoms with Gasteiger partial charge in [0, 0.05) is 38.2 Å². The molecular formula is C14H18N2O4. The number of nitro benzene ring substituents is 1. The van der Waals surface area contributed by atoms with Gasteiger partial charge >= 0.3 is 0 Å². The lowest BCUT2D eigenvalue weighted by atomic mass is 9.83. The van der Waals surface area contributed by atoms with Crippen LogP contribution < -0.4 is 4.74 Å². The number of ether oxygens (including phenoxy) is 1. The van der Waals surface area contributed by atoms with E-state index in [1.807, 2.05) is 13.8 Å². The van der Waals surface area contributed by atoms with E-state index in [1.165, 1.54) is 17.0 Å². The Morgan fingerprint density at radius 3 is 2.65 bits per heavy atom. The van der Waals surface area contributed by atoms with E-state index in [-0.39, 0.29) is 11.6 Å². The molecule has 0 spiro atoms. The van der Waals surface area contributed by atoms with Gasteiger partial charge in [-0.2, -0.15) is 0 Å². The summed E-state index contributed by atoms with van der Waals surface area (Å²) in [7, 11) is 3.36. The number of carbonyl (C=O) groups is 1. The molecule has 1 aliphatic rings. The van der Waals surface area contributed by atoms with Gasteiger partial charge in [-0.25, -0.2) is 0 Å². The molecule has 0 bridgehead atoms. The molecule has 6 heteroatoms. The highest BCUT2D eigenvalue weighted by atomic mass is 16.6. The van der Waals surface area contributed by atoms with E-state index in [1.54, 1.807) is 20.2 Å². The van der Waals surface area contributed by atoms with Gasteiger partial charge in [0.2, 0.25) is 5.91 Å². The lowest BCUT2D eigenvalue weighted by molar-refractivity contribution is -0.385. The van der Waals surface area contributed by atoms with Crippen LogP contribution >= 0.6 is 0 Å². The molecule has 2 rings (SSSR count). The molecule has 1 aromatic carbocycles. The number of fused-ring (bicyclic) bond motifs is 1. The molecule has 0 aliphatic carbocycles. The zero-order valence-electron chi connectivity index (χ0n) is 12.0. The monoisotopic (exact) mass is 278 g/mol. The molecular weight excluding hydrogens is 260 g/mol. The van der Waals surface area contributed by atoms with Crippen molar-refractivity contribution in [1.29, 1.82) is 0 Å². The second kappa shape index (κ2) is 4.77. The van der Waals surface area contributed by atoms with Gasteiger partial charge in [0.15, 0.2) is 0 Å². The summed E-state index contributed by atoms with van der Waals surface area (Å²) < 4.78 is 5.82. The molecule has 0 radical (unpaired) electrons. The highest BCUT2D eigenvalue weighted by Gasteiger charge is 2.38. The fraction of sp³-hybridized carbons (Fsp3) is 0.500. The lowest BCUT2D eigenvalue weighted by Crippen LogP contribution is -2.40. The average molecular weight is 278 g/mol. The van der Waals surface area contributed by atoms with Crippen LogP contribution in [0.25, 0.3) is 0 Å². The van der Waals surface area contributed by atoms with E-state index in [4.69, 9.17) is 4.74 Å². The summed E-state index contributed by atoms with van der Waals surface area (Å²) in [6.07, 6.45) is 0.498. The Labute approximate surface area is 117 Å². The largest absolute Gasteiger partial charge is 0.488 e. The first-order chi connectivity index (χ1) is 9.21. The minimum atomic E-state index is -0.473. The Balaban J connectivity index is 2.52. The predicted octanol–water partition coefficient (Wildman–Crippen LogP) is 2.33. The van der Waals surface area contributed by atoms with Crippen LogP contribution in [0, 0.1) is 10.1 Å². The normalized spacial score (nSPS) is 19.7. The van der Waals surface area contributed by atoms with Gasteiger partial charge < -0.3 is 9.64 Å². The number of benzene rings is 1. The standard InChI is InChI=1S/C14H18N2O4/c1-14(2)8-11(13(17)15(3)4)10-7-9(16(18)19)5-6-12(10)20-14/h5-7,11H,8H2,1-4H3. The van der Waals surface area contributed by atoms with E-state index in [2.05, 4.69) is 0 Å². The summed E-state index contributed by atoms with van der Waals surface area (Å²) in [6.45, 7) is 3.82. The Hall–Kier alpha value is -2.11. The maximum Gasteiger partial charge on any atom is 0.269 e. The van der Waals surface area contributed by atoms with Crippen LogP contribution in [0.5, 0.6) is 5.75 Å². The summed E-state index contributed by atoms with van der Waals surface area (Å²) in [5, 5.41) is 10.9. The van der Waals surface area contributed by atoms with E-state index >= 15 is 0 Å². The van der Waals surface area contributed by atoms with Crippen LogP contribution in [-0.4, -0.2) is 35.4 Å². The third-order valence-corrected chi connectivity index (χ3v) is 3.40. The first kappa shape index (κ1) is 14.3. The molecule has 6 nitrogen and oxygen atoms in total. The number of rotatable bonds is 2. The topological polar surface area (TPSA) is 72.7 Å². The smallest absolute Gasteiger partial charge is 0.269 e. The quantitative estimate of drug-likeness (QED) is 0.614. The highest BCUT2D eigenvalue weighted by Crippen LogP contribution is 2.42. The second-order valence-corrected chi connectivity index (χ2v) is 5.83. The van der Waals surface area contributed by atoms with Crippen LogP contribution in [0.3, 0.4) is 0 Å². The van der Waals surface area contributed by atoms with Crippen molar-refractivity contribution in [2.45, 2.75) is 31.8 Å². The van der Waals surface area contributed by atoms with Crippen LogP contribution in [0.2, 0.25) is 0 Å². The molecule has 0 saturated carbocycles. The van der Waals surface area contributed by atoms with Gasteiger partial charge in [-0.15, -0.1) is 0 Å². The number of carbonyl (C=O) groups excluding carboxylic acids is 1. The molecule has 1 amide bonds. The first-order valence-electron chi connectivity index (χ1n) is 6.40. The van der Waals surface area contributed by atoms with E-state index in [0.29, 0.717) is 17.7 Å². The van der Waals surface area contributed by atoms with Crippen molar-refractivity contribution >= 4 is 11.6 Å². The number of non-ortho nitro benzene ring substituents is 1. The van der Waals surface area contributed by atoms with Crippen molar-refractivity contribution in [1.82, 2.24) is 4.90 Å². The van der Waals surface area contributed by atoms with Gasteiger partial charge in [0.25, 0.3) is 5.69 Å².